The van der Waals surface area contributed by atoms with Gasteiger partial charge in [-0.15, -0.1) is 0 Å². The van der Waals surface area contributed by atoms with Gasteiger partial charge in [0.15, 0.2) is 0 Å². The van der Waals surface area contributed by atoms with Crippen molar-refractivity contribution in [1.29, 1.82) is 0 Å². The molecular formula is C26H33F2NO. The SMILES string of the molecule is Cc1cccc(C)c1C(CNCC1CC=CCC1)OCCCc1ccc(F)cc1F. The summed E-state index contributed by atoms with van der Waals surface area (Å²) in [5.41, 5.74) is 4.23. The lowest BCUT2D eigenvalue weighted by Crippen LogP contribution is -2.29. The largest absolute Gasteiger partial charge is 0.372 e. The molecule has 2 aromatic rings. The molecule has 1 aliphatic rings. The number of benzene rings is 2. The Balaban J connectivity index is 1.57. The van der Waals surface area contributed by atoms with Crippen LogP contribution < -0.4 is 5.32 Å². The molecule has 0 bridgehead atoms. The predicted octanol–water partition coefficient (Wildman–Crippen LogP) is 6.22. The van der Waals surface area contributed by atoms with E-state index in [1.807, 2.05) is 0 Å². The van der Waals surface area contributed by atoms with Gasteiger partial charge < -0.3 is 10.1 Å². The summed E-state index contributed by atoms with van der Waals surface area (Å²) < 4.78 is 33.2. The van der Waals surface area contributed by atoms with E-state index in [1.165, 1.54) is 41.7 Å². The minimum atomic E-state index is -0.540. The summed E-state index contributed by atoms with van der Waals surface area (Å²) in [6.45, 7) is 6.53. The predicted molar refractivity (Wildman–Crippen MR) is 119 cm³/mol. The van der Waals surface area contributed by atoms with Crippen LogP contribution in [0.1, 0.15) is 54.0 Å². The first-order chi connectivity index (χ1) is 14.5. The van der Waals surface area contributed by atoms with E-state index in [2.05, 4.69) is 49.5 Å². The molecule has 162 valence electrons. The second-order valence-corrected chi connectivity index (χ2v) is 8.31. The second kappa shape index (κ2) is 11.4. The van der Waals surface area contributed by atoms with Crippen LogP contribution in [0.25, 0.3) is 0 Å². The first kappa shape index (κ1) is 22.6. The molecule has 0 saturated carbocycles. The molecule has 2 atom stereocenters. The highest BCUT2D eigenvalue weighted by Crippen LogP contribution is 2.25. The number of nitrogens with one attached hydrogen (secondary N) is 1. The van der Waals surface area contributed by atoms with E-state index < -0.39 is 11.6 Å². The van der Waals surface area contributed by atoms with Crippen LogP contribution in [-0.2, 0) is 11.2 Å². The minimum Gasteiger partial charge on any atom is -0.372 e. The van der Waals surface area contributed by atoms with Crippen molar-refractivity contribution in [2.24, 2.45) is 5.92 Å². The van der Waals surface area contributed by atoms with Crippen molar-refractivity contribution in [3.05, 3.63) is 82.4 Å². The highest BCUT2D eigenvalue weighted by molar-refractivity contribution is 5.35. The first-order valence-electron chi connectivity index (χ1n) is 11.0. The fourth-order valence-corrected chi connectivity index (χ4v) is 4.25. The lowest BCUT2D eigenvalue weighted by molar-refractivity contribution is 0.0495. The fraction of sp³-hybridized carbons (Fsp3) is 0.462. The Morgan fingerprint density at radius 2 is 1.90 bits per heavy atom. The zero-order chi connectivity index (χ0) is 21.3. The zero-order valence-corrected chi connectivity index (χ0v) is 18.1. The average Bonchev–Trinajstić information content (AvgIpc) is 2.72. The van der Waals surface area contributed by atoms with Crippen molar-refractivity contribution in [3.8, 4) is 0 Å². The molecule has 0 aliphatic heterocycles. The molecule has 2 nitrogen and oxygen atoms in total. The van der Waals surface area contributed by atoms with Gasteiger partial charge in [0, 0.05) is 19.2 Å². The second-order valence-electron chi connectivity index (χ2n) is 8.31. The van der Waals surface area contributed by atoms with Crippen LogP contribution in [0.2, 0.25) is 0 Å². The van der Waals surface area contributed by atoms with Crippen molar-refractivity contribution in [3.63, 3.8) is 0 Å². The average molecular weight is 414 g/mol. The molecule has 0 radical (unpaired) electrons. The summed E-state index contributed by atoms with van der Waals surface area (Å²) in [5, 5.41) is 3.62. The van der Waals surface area contributed by atoms with Gasteiger partial charge >= 0.3 is 0 Å². The molecule has 30 heavy (non-hydrogen) atoms. The van der Waals surface area contributed by atoms with E-state index in [0.29, 0.717) is 30.9 Å². The Labute approximate surface area is 179 Å². The van der Waals surface area contributed by atoms with Gasteiger partial charge in [0.25, 0.3) is 0 Å². The molecule has 2 aromatic carbocycles. The van der Waals surface area contributed by atoms with E-state index in [1.54, 1.807) is 0 Å². The number of ether oxygens (including phenoxy) is 1. The van der Waals surface area contributed by atoms with Crippen LogP contribution in [0.5, 0.6) is 0 Å². The monoisotopic (exact) mass is 413 g/mol. The molecule has 0 amide bonds. The smallest absolute Gasteiger partial charge is 0.129 e. The molecule has 1 N–H and O–H groups in total. The molecule has 4 heteroatoms. The third-order valence-electron chi connectivity index (χ3n) is 5.93. The maximum absolute atomic E-state index is 13.9. The zero-order valence-electron chi connectivity index (χ0n) is 18.1. The highest BCUT2D eigenvalue weighted by Gasteiger charge is 2.18. The van der Waals surface area contributed by atoms with Gasteiger partial charge in [-0.2, -0.15) is 0 Å². The lowest BCUT2D eigenvalue weighted by atomic mass is 9.94. The third kappa shape index (κ3) is 6.48. The van der Waals surface area contributed by atoms with Gasteiger partial charge in [0.05, 0.1) is 6.10 Å². The van der Waals surface area contributed by atoms with Crippen molar-refractivity contribution in [2.75, 3.05) is 19.7 Å². The van der Waals surface area contributed by atoms with E-state index in [0.717, 1.165) is 25.6 Å². The van der Waals surface area contributed by atoms with Gasteiger partial charge in [0.2, 0.25) is 0 Å². The summed E-state index contributed by atoms with van der Waals surface area (Å²) in [5.74, 6) is -0.332. The van der Waals surface area contributed by atoms with Crippen molar-refractivity contribution in [2.45, 2.75) is 52.1 Å². The Morgan fingerprint density at radius 1 is 1.10 bits per heavy atom. The van der Waals surface area contributed by atoms with Gasteiger partial charge in [0.1, 0.15) is 11.6 Å². The van der Waals surface area contributed by atoms with Gasteiger partial charge in [-0.1, -0.05) is 36.4 Å². The van der Waals surface area contributed by atoms with Crippen LogP contribution in [0.4, 0.5) is 8.78 Å². The number of hydrogen-bond donors (Lipinski definition) is 1. The first-order valence-corrected chi connectivity index (χ1v) is 11.0. The third-order valence-corrected chi connectivity index (χ3v) is 5.93. The van der Waals surface area contributed by atoms with Gasteiger partial charge in [-0.25, -0.2) is 8.78 Å². The van der Waals surface area contributed by atoms with Crippen LogP contribution in [0.3, 0.4) is 0 Å². The molecule has 3 rings (SSSR count). The maximum atomic E-state index is 13.9. The summed E-state index contributed by atoms with van der Waals surface area (Å²) in [6, 6.07) is 10.1. The molecule has 0 saturated heterocycles. The lowest BCUT2D eigenvalue weighted by Gasteiger charge is -2.25. The summed E-state index contributed by atoms with van der Waals surface area (Å²) >= 11 is 0. The van der Waals surface area contributed by atoms with Crippen molar-refractivity contribution < 1.29 is 13.5 Å². The van der Waals surface area contributed by atoms with Crippen LogP contribution in [-0.4, -0.2) is 19.7 Å². The van der Waals surface area contributed by atoms with Crippen molar-refractivity contribution >= 4 is 0 Å². The normalized spacial score (nSPS) is 17.3. The Kier molecular flexibility index (Phi) is 8.59. The molecule has 0 heterocycles. The summed E-state index contributed by atoms with van der Waals surface area (Å²) in [4.78, 5) is 0. The van der Waals surface area contributed by atoms with E-state index in [9.17, 15) is 8.78 Å². The maximum Gasteiger partial charge on any atom is 0.129 e. The number of hydrogen-bond acceptors (Lipinski definition) is 2. The molecular weight excluding hydrogens is 380 g/mol. The standard InChI is InChI=1S/C26H33F2NO/c1-19-8-6-9-20(2)26(19)25(18-29-17-21-10-4-3-5-11-21)30-15-7-12-22-13-14-23(27)16-24(22)28/h3-4,6,8-9,13-14,16,21,25,29H,5,7,10-12,15,17-18H2,1-2H3. The quantitative estimate of drug-likeness (QED) is 0.369. The van der Waals surface area contributed by atoms with Gasteiger partial charge in [-0.05, 0) is 86.7 Å². The van der Waals surface area contributed by atoms with E-state index >= 15 is 0 Å². The molecule has 1 aliphatic carbocycles. The fourth-order valence-electron chi connectivity index (χ4n) is 4.25. The Morgan fingerprint density at radius 3 is 2.60 bits per heavy atom. The van der Waals surface area contributed by atoms with Crippen LogP contribution >= 0.6 is 0 Å². The Bertz CT molecular complexity index is 829. The minimum absolute atomic E-state index is 0.0385. The number of allylic oxidation sites excluding steroid dienone is 2. The number of rotatable bonds is 10. The van der Waals surface area contributed by atoms with Gasteiger partial charge in [-0.3, -0.25) is 0 Å². The number of halogens is 2. The highest BCUT2D eigenvalue weighted by atomic mass is 19.1. The molecule has 0 aromatic heterocycles. The number of aryl methyl sites for hydroxylation is 3. The molecule has 0 fully saturated rings. The summed E-state index contributed by atoms with van der Waals surface area (Å²) in [6.07, 6.45) is 9.29. The van der Waals surface area contributed by atoms with Crippen LogP contribution in [0, 0.1) is 31.4 Å². The van der Waals surface area contributed by atoms with E-state index in [4.69, 9.17) is 4.74 Å². The summed E-state index contributed by atoms with van der Waals surface area (Å²) in [7, 11) is 0. The van der Waals surface area contributed by atoms with Crippen molar-refractivity contribution in [1.82, 2.24) is 5.32 Å². The Hall–Kier alpha value is -2.04. The van der Waals surface area contributed by atoms with Crippen LogP contribution in [0.15, 0.2) is 48.6 Å². The van der Waals surface area contributed by atoms with E-state index in [-0.39, 0.29) is 6.10 Å². The molecule has 2 unspecified atom stereocenters. The topological polar surface area (TPSA) is 21.3 Å². The molecule has 0 spiro atoms.